The van der Waals surface area contributed by atoms with E-state index in [0.29, 0.717) is 0 Å². The first-order valence-electron chi connectivity index (χ1n) is 3.64. The van der Waals surface area contributed by atoms with Gasteiger partial charge in [-0.1, -0.05) is 11.8 Å². The highest BCUT2D eigenvalue weighted by Gasteiger charge is 2.48. The largest absolute Gasteiger partial charge is 0.534 e. The first-order valence-corrected chi connectivity index (χ1v) is 6.27. The summed E-state index contributed by atoms with van der Waals surface area (Å²) in [5.41, 5.74) is -5.47. The number of nitrogens with zero attached hydrogens (tertiary/aromatic N) is 2. The number of rotatable bonds is 3. The first kappa shape index (κ1) is 13.0. The Bertz CT molecular complexity index is 474. The molecule has 1 heterocycles. The maximum absolute atomic E-state index is 11.9. The highest BCUT2D eigenvalue weighted by molar-refractivity contribution is 7.98. The van der Waals surface area contributed by atoms with Crippen molar-refractivity contribution >= 4 is 21.9 Å². The Morgan fingerprint density at radius 1 is 1.44 bits per heavy atom. The van der Waals surface area contributed by atoms with E-state index in [9.17, 15) is 21.6 Å². The summed E-state index contributed by atoms with van der Waals surface area (Å²) in [4.78, 5) is 7.09. The van der Waals surface area contributed by atoms with Gasteiger partial charge in [-0.25, -0.2) is 4.98 Å². The Labute approximate surface area is 93.2 Å². The molecule has 5 nitrogen and oxygen atoms in total. The molecule has 0 saturated carbocycles. The van der Waals surface area contributed by atoms with E-state index >= 15 is 0 Å². The van der Waals surface area contributed by atoms with E-state index in [1.807, 2.05) is 0 Å². The summed E-state index contributed by atoms with van der Waals surface area (Å²) in [6.07, 6.45) is 2.68. The van der Waals surface area contributed by atoms with Gasteiger partial charge < -0.3 is 4.18 Å². The Morgan fingerprint density at radius 3 is 2.56 bits per heavy atom. The van der Waals surface area contributed by atoms with Gasteiger partial charge in [-0.2, -0.15) is 26.6 Å². The SMILES string of the molecule is CSc1nccc(OS(=O)(=O)C(F)(F)F)n1. The lowest BCUT2D eigenvalue weighted by Crippen LogP contribution is -2.28. The lowest BCUT2D eigenvalue weighted by atomic mass is 10.6. The molecule has 1 rings (SSSR count). The zero-order valence-electron chi connectivity index (χ0n) is 7.72. The minimum absolute atomic E-state index is 0.106. The van der Waals surface area contributed by atoms with Gasteiger partial charge in [-0.3, -0.25) is 0 Å². The van der Waals surface area contributed by atoms with Crippen molar-refractivity contribution in [1.29, 1.82) is 0 Å². The van der Waals surface area contributed by atoms with Crippen molar-refractivity contribution in [3.63, 3.8) is 0 Å². The fourth-order valence-corrected chi connectivity index (χ4v) is 1.39. The second-order valence-corrected chi connectivity index (χ2v) is 4.68. The lowest BCUT2D eigenvalue weighted by molar-refractivity contribution is -0.0501. The zero-order chi connectivity index (χ0) is 12.4. The van der Waals surface area contributed by atoms with Crippen molar-refractivity contribution in [2.24, 2.45) is 0 Å². The molecule has 0 fully saturated rings. The normalized spacial score (nSPS) is 12.5. The number of hydrogen-bond acceptors (Lipinski definition) is 6. The summed E-state index contributed by atoms with van der Waals surface area (Å²) in [6, 6.07) is 0.920. The topological polar surface area (TPSA) is 69.2 Å². The third-order valence-electron chi connectivity index (χ3n) is 1.27. The average molecular weight is 274 g/mol. The van der Waals surface area contributed by atoms with E-state index in [4.69, 9.17) is 0 Å². The molecule has 0 N–H and O–H groups in total. The Hall–Kier alpha value is -1.03. The van der Waals surface area contributed by atoms with Crippen LogP contribution in [0.1, 0.15) is 0 Å². The Balaban J connectivity index is 2.97. The minimum Gasteiger partial charge on any atom is -0.355 e. The molecule has 1 aromatic heterocycles. The van der Waals surface area contributed by atoms with Crippen LogP contribution in [0.5, 0.6) is 5.88 Å². The van der Waals surface area contributed by atoms with Gasteiger partial charge in [0.15, 0.2) is 5.16 Å². The molecule has 0 aromatic carbocycles. The van der Waals surface area contributed by atoms with E-state index in [0.717, 1.165) is 24.0 Å². The molecule has 16 heavy (non-hydrogen) atoms. The zero-order valence-corrected chi connectivity index (χ0v) is 9.36. The summed E-state index contributed by atoms with van der Waals surface area (Å²) in [7, 11) is -5.68. The van der Waals surface area contributed by atoms with Crippen molar-refractivity contribution in [1.82, 2.24) is 9.97 Å². The van der Waals surface area contributed by atoms with E-state index in [1.54, 1.807) is 6.26 Å². The fraction of sp³-hybridized carbons (Fsp3) is 0.333. The second-order valence-electron chi connectivity index (χ2n) is 2.36. The molecule has 0 unspecified atom stereocenters. The standard InChI is InChI=1S/C6H5F3N2O3S2/c1-15-5-10-3-2-4(11-5)14-16(12,13)6(7,8)9/h2-3H,1H3. The van der Waals surface area contributed by atoms with Gasteiger partial charge in [0.1, 0.15) is 0 Å². The van der Waals surface area contributed by atoms with Crippen LogP contribution in [0.25, 0.3) is 0 Å². The van der Waals surface area contributed by atoms with E-state index in [2.05, 4.69) is 14.2 Å². The molecule has 0 saturated heterocycles. The van der Waals surface area contributed by atoms with E-state index < -0.39 is 21.5 Å². The predicted molar refractivity (Wildman–Crippen MR) is 49.4 cm³/mol. The van der Waals surface area contributed by atoms with Crippen molar-refractivity contribution in [3.05, 3.63) is 12.3 Å². The molecule has 0 amide bonds. The van der Waals surface area contributed by atoms with E-state index in [-0.39, 0.29) is 5.16 Å². The van der Waals surface area contributed by atoms with Gasteiger partial charge in [0.05, 0.1) is 0 Å². The van der Waals surface area contributed by atoms with Crippen LogP contribution >= 0.6 is 11.8 Å². The van der Waals surface area contributed by atoms with Crippen LogP contribution in [0.4, 0.5) is 13.2 Å². The first-order chi connectivity index (χ1) is 7.26. The summed E-state index contributed by atoms with van der Waals surface area (Å²) >= 11 is 1.04. The summed E-state index contributed by atoms with van der Waals surface area (Å²) < 4.78 is 60.8. The van der Waals surface area contributed by atoms with Crippen molar-refractivity contribution in [2.45, 2.75) is 10.7 Å². The Kier molecular flexibility index (Phi) is 3.63. The van der Waals surface area contributed by atoms with Gasteiger partial charge in [0.2, 0.25) is 5.88 Å². The molecule has 0 atom stereocenters. The maximum Gasteiger partial charge on any atom is 0.534 e. The fourth-order valence-electron chi connectivity index (χ4n) is 0.630. The maximum atomic E-state index is 11.9. The summed E-state index contributed by atoms with van der Waals surface area (Å²) in [5, 5.41) is 0.106. The van der Waals surface area contributed by atoms with Crippen molar-refractivity contribution in [2.75, 3.05) is 6.26 Å². The van der Waals surface area contributed by atoms with Gasteiger partial charge in [-0.05, 0) is 6.26 Å². The summed E-state index contributed by atoms with van der Waals surface area (Å²) in [5.74, 6) is -0.670. The highest BCUT2D eigenvalue weighted by atomic mass is 32.2. The molecule has 0 radical (unpaired) electrons. The van der Waals surface area contributed by atoms with Crippen LogP contribution < -0.4 is 4.18 Å². The molecule has 0 aliphatic rings. The molecule has 0 aliphatic carbocycles. The quantitative estimate of drug-likeness (QED) is 0.359. The number of thioether (sulfide) groups is 1. The van der Waals surface area contributed by atoms with Gasteiger partial charge in [0, 0.05) is 12.3 Å². The lowest BCUT2D eigenvalue weighted by Gasteiger charge is -2.08. The predicted octanol–water partition coefficient (Wildman–Crippen LogP) is 1.43. The second kappa shape index (κ2) is 4.45. The van der Waals surface area contributed by atoms with E-state index in [1.165, 1.54) is 0 Å². The number of hydrogen-bond donors (Lipinski definition) is 0. The van der Waals surface area contributed by atoms with Crippen LogP contribution in [-0.4, -0.2) is 30.1 Å². The van der Waals surface area contributed by atoms with Crippen LogP contribution in [-0.2, 0) is 10.1 Å². The minimum atomic E-state index is -5.68. The van der Waals surface area contributed by atoms with Gasteiger partial charge in [-0.15, -0.1) is 0 Å². The molecular weight excluding hydrogens is 269 g/mol. The van der Waals surface area contributed by atoms with Gasteiger partial charge in [0.25, 0.3) is 0 Å². The van der Waals surface area contributed by atoms with Crippen LogP contribution in [0, 0.1) is 0 Å². The van der Waals surface area contributed by atoms with Crippen molar-refractivity contribution in [3.8, 4) is 5.88 Å². The average Bonchev–Trinajstić information content (AvgIpc) is 2.15. The van der Waals surface area contributed by atoms with Crippen LogP contribution in [0.3, 0.4) is 0 Å². The molecule has 0 spiro atoms. The molecule has 0 aliphatic heterocycles. The number of aromatic nitrogens is 2. The number of alkyl halides is 3. The monoisotopic (exact) mass is 274 g/mol. The molecule has 0 bridgehead atoms. The van der Waals surface area contributed by atoms with Crippen LogP contribution in [0.15, 0.2) is 17.4 Å². The van der Waals surface area contributed by atoms with Gasteiger partial charge >= 0.3 is 15.6 Å². The molecular formula is C6H5F3N2O3S2. The highest BCUT2D eigenvalue weighted by Crippen LogP contribution is 2.26. The van der Waals surface area contributed by atoms with Crippen LogP contribution in [0.2, 0.25) is 0 Å². The molecule has 10 heteroatoms. The third-order valence-corrected chi connectivity index (χ3v) is 2.79. The summed E-state index contributed by atoms with van der Waals surface area (Å²) in [6.45, 7) is 0. The molecule has 90 valence electrons. The number of halogens is 3. The molecule has 1 aromatic rings. The van der Waals surface area contributed by atoms with Crippen molar-refractivity contribution < 1.29 is 25.8 Å². The smallest absolute Gasteiger partial charge is 0.355 e. The third kappa shape index (κ3) is 2.98. The Morgan fingerprint density at radius 2 is 2.06 bits per heavy atom.